The maximum atomic E-state index is 11.5. The number of imide groups is 1. The van der Waals surface area contributed by atoms with E-state index in [0.717, 1.165) is 19.5 Å². The third-order valence-corrected chi connectivity index (χ3v) is 2.60. The van der Waals surface area contributed by atoms with Crippen molar-refractivity contribution in [1.29, 1.82) is 0 Å². The molecule has 98 valence electrons. The highest BCUT2D eigenvalue weighted by molar-refractivity contribution is 5.95. The molecule has 1 heterocycles. The van der Waals surface area contributed by atoms with Gasteiger partial charge in [-0.05, 0) is 12.3 Å². The molecule has 1 aliphatic heterocycles. The van der Waals surface area contributed by atoms with E-state index >= 15 is 0 Å². The van der Waals surface area contributed by atoms with Crippen molar-refractivity contribution in [2.75, 3.05) is 26.2 Å². The summed E-state index contributed by atoms with van der Waals surface area (Å²) in [6.07, 6.45) is 0.910. The van der Waals surface area contributed by atoms with Crippen LogP contribution in [0.15, 0.2) is 0 Å². The number of nitrogens with zero attached hydrogens (tertiary/aromatic N) is 1. The molecule has 0 aromatic carbocycles. The van der Waals surface area contributed by atoms with Crippen LogP contribution in [-0.2, 0) is 4.79 Å². The first kappa shape index (κ1) is 13.9. The first-order chi connectivity index (χ1) is 7.97. The van der Waals surface area contributed by atoms with Gasteiger partial charge >= 0.3 is 6.03 Å². The fraction of sp³-hybridized carbons (Fsp3) is 0.818. The molecule has 4 N–H and O–H groups in total. The van der Waals surface area contributed by atoms with Gasteiger partial charge in [-0.1, -0.05) is 13.8 Å². The van der Waals surface area contributed by atoms with Crippen LogP contribution in [0.4, 0.5) is 4.79 Å². The molecule has 1 aliphatic rings. The molecule has 1 saturated heterocycles. The third-order valence-electron chi connectivity index (χ3n) is 2.60. The summed E-state index contributed by atoms with van der Waals surface area (Å²) in [5, 5.41) is 4.94. The molecule has 3 amide bonds. The van der Waals surface area contributed by atoms with Crippen LogP contribution in [0.5, 0.6) is 0 Å². The maximum absolute atomic E-state index is 11.5. The lowest BCUT2D eigenvalue weighted by atomic mass is 10.2. The summed E-state index contributed by atoms with van der Waals surface area (Å²) in [5.74, 6) is 0.0905. The van der Waals surface area contributed by atoms with Crippen LogP contribution in [0.1, 0.15) is 20.3 Å². The van der Waals surface area contributed by atoms with Gasteiger partial charge < -0.3 is 11.1 Å². The Labute approximate surface area is 102 Å². The Hall–Kier alpha value is -1.14. The van der Waals surface area contributed by atoms with E-state index in [1.807, 2.05) is 18.7 Å². The molecule has 0 bridgehead atoms. The zero-order valence-corrected chi connectivity index (χ0v) is 10.5. The monoisotopic (exact) mass is 242 g/mol. The van der Waals surface area contributed by atoms with E-state index in [1.165, 1.54) is 0 Å². The highest BCUT2D eigenvalue weighted by Gasteiger charge is 2.21. The van der Waals surface area contributed by atoms with Crippen LogP contribution in [-0.4, -0.2) is 49.1 Å². The van der Waals surface area contributed by atoms with Gasteiger partial charge in [0, 0.05) is 25.7 Å². The molecule has 0 aromatic heterocycles. The normalized spacial score (nSPS) is 20.6. The van der Waals surface area contributed by atoms with E-state index in [1.54, 1.807) is 0 Å². The number of amides is 3. The molecule has 1 rings (SSSR count). The average molecular weight is 242 g/mol. The Balaban J connectivity index is 2.18. The molecule has 0 spiro atoms. The van der Waals surface area contributed by atoms with E-state index in [2.05, 4.69) is 10.6 Å². The molecule has 0 aliphatic carbocycles. The summed E-state index contributed by atoms with van der Waals surface area (Å²) >= 11 is 0. The smallest absolute Gasteiger partial charge is 0.321 e. The van der Waals surface area contributed by atoms with Crippen molar-refractivity contribution < 1.29 is 9.59 Å². The standard InChI is InChI=1S/C11H22N4O2/c1-8(2)5-13-11(17)14-10(16)7-15-4-3-9(12)6-15/h8-9H,3-7,12H2,1-2H3,(H2,13,14,16,17)/t9-/m1/s1. The fourth-order valence-electron chi connectivity index (χ4n) is 1.72. The van der Waals surface area contributed by atoms with Crippen molar-refractivity contribution in [1.82, 2.24) is 15.5 Å². The van der Waals surface area contributed by atoms with E-state index in [9.17, 15) is 9.59 Å². The number of rotatable bonds is 4. The number of carbonyl (C=O) groups is 2. The van der Waals surface area contributed by atoms with Crippen molar-refractivity contribution in [3.05, 3.63) is 0 Å². The van der Waals surface area contributed by atoms with Crippen molar-refractivity contribution in [2.24, 2.45) is 11.7 Å². The maximum Gasteiger partial charge on any atom is 0.321 e. The Morgan fingerprint density at radius 1 is 1.47 bits per heavy atom. The molecule has 6 heteroatoms. The largest absolute Gasteiger partial charge is 0.338 e. The SMILES string of the molecule is CC(C)CNC(=O)NC(=O)CN1CC[C@@H](N)C1. The number of hydrogen-bond acceptors (Lipinski definition) is 4. The van der Waals surface area contributed by atoms with Crippen LogP contribution in [0.25, 0.3) is 0 Å². The van der Waals surface area contributed by atoms with Crippen molar-refractivity contribution in [2.45, 2.75) is 26.3 Å². The number of nitrogens with one attached hydrogen (secondary N) is 2. The molecular weight excluding hydrogens is 220 g/mol. The second-order valence-corrected chi connectivity index (χ2v) is 4.94. The number of urea groups is 1. The zero-order valence-electron chi connectivity index (χ0n) is 10.5. The van der Waals surface area contributed by atoms with Crippen molar-refractivity contribution >= 4 is 11.9 Å². The van der Waals surface area contributed by atoms with E-state index in [0.29, 0.717) is 12.5 Å². The van der Waals surface area contributed by atoms with Gasteiger partial charge in [-0.25, -0.2) is 4.79 Å². The first-order valence-corrected chi connectivity index (χ1v) is 6.03. The highest BCUT2D eigenvalue weighted by atomic mass is 16.2. The Bertz CT molecular complexity index is 281. The van der Waals surface area contributed by atoms with Crippen molar-refractivity contribution in [3.63, 3.8) is 0 Å². The second kappa shape index (κ2) is 6.56. The Kier molecular flexibility index (Phi) is 5.37. The lowest BCUT2D eigenvalue weighted by Gasteiger charge is -2.14. The van der Waals surface area contributed by atoms with E-state index < -0.39 is 6.03 Å². The van der Waals surface area contributed by atoms with Gasteiger partial charge in [-0.15, -0.1) is 0 Å². The van der Waals surface area contributed by atoms with Crippen LogP contribution in [0, 0.1) is 5.92 Å². The number of hydrogen-bond donors (Lipinski definition) is 3. The Morgan fingerprint density at radius 3 is 2.71 bits per heavy atom. The van der Waals surface area contributed by atoms with Gasteiger partial charge in [0.1, 0.15) is 0 Å². The molecule has 17 heavy (non-hydrogen) atoms. The summed E-state index contributed by atoms with van der Waals surface area (Å²) in [4.78, 5) is 24.8. The van der Waals surface area contributed by atoms with Crippen LogP contribution in [0.3, 0.4) is 0 Å². The minimum absolute atomic E-state index is 0.151. The number of carbonyl (C=O) groups excluding carboxylic acids is 2. The van der Waals surface area contributed by atoms with Gasteiger partial charge in [0.05, 0.1) is 6.54 Å². The van der Waals surface area contributed by atoms with Crippen molar-refractivity contribution in [3.8, 4) is 0 Å². The first-order valence-electron chi connectivity index (χ1n) is 6.03. The van der Waals surface area contributed by atoms with Gasteiger partial charge in [-0.2, -0.15) is 0 Å². The quantitative estimate of drug-likeness (QED) is 0.620. The van der Waals surface area contributed by atoms with Gasteiger partial charge in [0.25, 0.3) is 0 Å². The molecule has 1 atom stereocenters. The lowest BCUT2D eigenvalue weighted by Crippen LogP contribution is -2.45. The van der Waals surface area contributed by atoms with E-state index in [-0.39, 0.29) is 18.5 Å². The lowest BCUT2D eigenvalue weighted by molar-refractivity contribution is -0.120. The molecule has 0 aromatic rings. The molecule has 0 saturated carbocycles. The zero-order chi connectivity index (χ0) is 12.8. The predicted molar refractivity (Wildman–Crippen MR) is 65.4 cm³/mol. The molecular formula is C11H22N4O2. The Morgan fingerprint density at radius 2 is 2.18 bits per heavy atom. The van der Waals surface area contributed by atoms with Gasteiger partial charge in [0.2, 0.25) is 5.91 Å². The summed E-state index contributed by atoms with van der Waals surface area (Å²) < 4.78 is 0. The predicted octanol–water partition coefficient (Wildman–Crippen LogP) is -0.499. The fourth-order valence-corrected chi connectivity index (χ4v) is 1.72. The molecule has 0 unspecified atom stereocenters. The minimum Gasteiger partial charge on any atom is -0.338 e. The summed E-state index contributed by atoms with van der Waals surface area (Å²) in [7, 11) is 0. The minimum atomic E-state index is -0.424. The summed E-state index contributed by atoms with van der Waals surface area (Å²) in [6.45, 7) is 6.33. The number of likely N-dealkylation sites (tertiary alicyclic amines) is 1. The average Bonchev–Trinajstić information content (AvgIpc) is 2.60. The van der Waals surface area contributed by atoms with Crippen LogP contribution >= 0.6 is 0 Å². The summed E-state index contributed by atoms with van der Waals surface area (Å²) in [5.41, 5.74) is 5.73. The van der Waals surface area contributed by atoms with Gasteiger partial charge in [-0.3, -0.25) is 15.0 Å². The van der Waals surface area contributed by atoms with Crippen LogP contribution < -0.4 is 16.4 Å². The molecule has 1 fully saturated rings. The number of nitrogens with two attached hydrogens (primary N) is 1. The molecule has 6 nitrogen and oxygen atoms in total. The summed E-state index contributed by atoms with van der Waals surface area (Å²) in [6, 6.07) is -0.273. The van der Waals surface area contributed by atoms with Gasteiger partial charge in [0.15, 0.2) is 0 Å². The highest BCUT2D eigenvalue weighted by Crippen LogP contribution is 2.05. The second-order valence-electron chi connectivity index (χ2n) is 4.94. The molecule has 0 radical (unpaired) electrons. The topological polar surface area (TPSA) is 87.5 Å². The third kappa shape index (κ3) is 5.65. The van der Waals surface area contributed by atoms with Crippen LogP contribution in [0.2, 0.25) is 0 Å². The van der Waals surface area contributed by atoms with E-state index in [4.69, 9.17) is 5.73 Å².